The van der Waals surface area contributed by atoms with E-state index in [9.17, 15) is 0 Å². The van der Waals surface area contributed by atoms with E-state index in [2.05, 4.69) is 0 Å². The van der Waals surface area contributed by atoms with Crippen molar-refractivity contribution in [2.24, 2.45) is 23.7 Å². The lowest BCUT2D eigenvalue weighted by atomic mass is 9.62. The fourth-order valence-electron chi connectivity index (χ4n) is 4.68. The van der Waals surface area contributed by atoms with Gasteiger partial charge in [-0.2, -0.15) is 0 Å². The first-order chi connectivity index (χ1) is 6.93. The highest BCUT2D eigenvalue weighted by Gasteiger charge is 2.39. The quantitative estimate of drug-likeness (QED) is 0.534. The van der Waals surface area contributed by atoms with E-state index in [1.165, 1.54) is 0 Å². The Bertz CT molecular complexity index is 196. The monoisotopic (exact) mass is 192 g/mol. The Morgan fingerprint density at radius 3 is 1.86 bits per heavy atom. The zero-order valence-corrected chi connectivity index (χ0v) is 9.38. The molecule has 3 saturated carbocycles. The molecule has 0 N–H and O–H groups in total. The molecule has 0 aromatic carbocycles. The highest BCUT2D eigenvalue weighted by Crippen LogP contribution is 2.50. The Hall–Kier alpha value is 0. The maximum Gasteiger partial charge on any atom is -0.0357 e. The molecule has 3 rings (SSSR count). The molecule has 80 valence electrons. The van der Waals surface area contributed by atoms with Crippen molar-refractivity contribution in [1.82, 2.24) is 0 Å². The van der Waals surface area contributed by atoms with Crippen LogP contribution in [0.1, 0.15) is 64.2 Å². The van der Waals surface area contributed by atoms with Gasteiger partial charge in [-0.1, -0.05) is 44.9 Å². The van der Waals surface area contributed by atoms with E-state index in [1.807, 2.05) is 0 Å². The molecule has 4 unspecified atom stereocenters. The van der Waals surface area contributed by atoms with Gasteiger partial charge >= 0.3 is 0 Å². The molecule has 0 saturated heterocycles. The summed E-state index contributed by atoms with van der Waals surface area (Å²) in [5, 5.41) is 0. The SMILES string of the molecule is C1CCC2CC(C1)CC1CCCCC21. The van der Waals surface area contributed by atoms with Crippen molar-refractivity contribution < 1.29 is 0 Å². The van der Waals surface area contributed by atoms with E-state index in [-0.39, 0.29) is 0 Å². The molecule has 2 bridgehead atoms. The summed E-state index contributed by atoms with van der Waals surface area (Å²) in [5.74, 6) is 4.62. The van der Waals surface area contributed by atoms with Crippen LogP contribution in [0, 0.1) is 23.7 Å². The lowest BCUT2D eigenvalue weighted by molar-refractivity contribution is 0.0693. The predicted octanol–water partition coefficient (Wildman–Crippen LogP) is 4.39. The number of fused-ring (bicyclic) bond motifs is 4. The van der Waals surface area contributed by atoms with Gasteiger partial charge in [0, 0.05) is 0 Å². The molecule has 3 aliphatic rings. The fourth-order valence-corrected chi connectivity index (χ4v) is 4.68. The van der Waals surface area contributed by atoms with E-state index >= 15 is 0 Å². The highest BCUT2D eigenvalue weighted by molar-refractivity contribution is 4.89. The number of hydrogen-bond donors (Lipinski definition) is 0. The van der Waals surface area contributed by atoms with Crippen molar-refractivity contribution >= 4 is 0 Å². The van der Waals surface area contributed by atoms with Crippen molar-refractivity contribution in [3.05, 3.63) is 0 Å². The van der Waals surface area contributed by atoms with Gasteiger partial charge in [-0.05, 0) is 42.9 Å². The van der Waals surface area contributed by atoms with E-state index in [4.69, 9.17) is 0 Å². The highest BCUT2D eigenvalue weighted by atomic mass is 14.4. The van der Waals surface area contributed by atoms with Crippen molar-refractivity contribution in [3.8, 4) is 0 Å². The zero-order chi connectivity index (χ0) is 9.38. The molecule has 3 aliphatic carbocycles. The van der Waals surface area contributed by atoms with Gasteiger partial charge in [-0.15, -0.1) is 0 Å². The van der Waals surface area contributed by atoms with Crippen LogP contribution in [0.15, 0.2) is 0 Å². The topological polar surface area (TPSA) is 0 Å². The lowest BCUT2D eigenvalue weighted by Crippen LogP contribution is -2.33. The summed E-state index contributed by atoms with van der Waals surface area (Å²) < 4.78 is 0. The molecular formula is C14H24. The minimum Gasteiger partial charge on any atom is -0.0530 e. The van der Waals surface area contributed by atoms with Crippen LogP contribution in [0.25, 0.3) is 0 Å². The molecule has 4 atom stereocenters. The molecule has 0 aliphatic heterocycles. The fraction of sp³-hybridized carbons (Fsp3) is 1.00. The van der Waals surface area contributed by atoms with Crippen molar-refractivity contribution in [1.29, 1.82) is 0 Å². The Kier molecular flexibility index (Phi) is 2.55. The molecule has 0 heteroatoms. The van der Waals surface area contributed by atoms with Crippen LogP contribution in [0.3, 0.4) is 0 Å². The summed E-state index contributed by atoms with van der Waals surface area (Å²) in [6.07, 6.45) is 15.7. The molecule has 0 heterocycles. The molecule has 0 amide bonds. The van der Waals surface area contributed by atoms with Crippen LogP contribution in [-0.2, 0) is 0 Å². The van der Waals surface area contributed by atoms with E-state index in [0.717, 1.165) is 23.7 Å². The third kappa shape index (κ3) is 1.61. The summed E-state index contributed by atoms with van der Waals surface area (Å²) in [6, 6.07) is 0. The summed E-state index contributed by atoms with van der Waals surface area (Å²) in [4.78, 5) is 0. The standard InChI is InChI=1S/C14H24/c1-2-6-12-9-11(5-1)10-13-7-3-4-8-14(12)13/h11-14H,1-10H2. The normalized spacial score (nSPS) is 48.0. The average molecular weight is 192 g/mol. The van der Waals surface area contributed by atoms with Gasteiger partial charge in [0.25, 0.3) is 0 Å². The lowest BCUT2D eigenvalue weighted by Gasteiger charge is -2.43. The van der Waals surface area contributed by atoms with Crippen LogP contribution < -0.4 is 0 Å². The minimum absolute atomic E-state index is 1.14. The maximum absolute atomic E-state index is 1.61. The summed E-state index contributed by atoms with van der Waals surface area (Å²) in [6.45, 7) is 0. The van der Waals surface area contributed by atoms with Gasteiger partial charge in [0.05, 0.1) is 0 Å². The Labute approximate surface area is 88.5 Å². The third-order valence-electron chi connectivity index (χ3n) is 5.28. The largest absolute Gasteiger partial charge is 0.0530 e. The number of hydrogen-bond acceptors (Lipinski definition) is 0. The van der Waals surface area contributed by atoms with Gasteiger partial charge in [-0.3, -0.25) is 0 Å². The first-order valence-electron chi connectivity index (χ1n) is 6.93. The molecule has 0 spiro atoms. The Morgan fingerprint density at radius 1 is 0.571 bits per heavy atom. The molecule has 0 radical (unpaired) electrons. The Balaban J connectivity index is 1.76. The van der Waals surface area contributed by atoms with E-state index < -0.39 is 0 Å². The average Bonchev–Trinajstić information content (AvgIpc) is 2.41. The maximum atomic E-state index is 1.61. The molecule has 3 fully saturated rings. The van der Waals surface area contributed by atoms with Crippen LogP contribution in [0.5, 0.6) is 0 Å². The van der Waals surface area contributed by atoms with E-state index in [1.54, 1.807) is 64.2 Å². The van der Waals surface area contributed by atoms with Crippen molar-refractivity contribution in [3.63, 3.8) is 0 Å². The smallest absolute Gasteiger partial charge is 0.0357 e. The summed E-state index contributed by atoms with van der Waals surface area (Å²) in [5.41, 5.74) is 0. The molecule has 14 heavy (non-hydrogen) atoms. The minimum atomic E-state index is 1.14. The Morgan fingerprint density at radius 2 is 1.14 bits per heavy atom. The van der Waals surface area contributed by atoms with E-state index in [0.29, 0.717) is 0 Å². The molecular weight excluding hydrogens is 168 g/mol. The molecule has 0 aromatic rings. The molecule has 0 aromatic heterocycles. The predicted molar refractivity (Wildman–Crippen MR) is 60.1 cm³/mol. The van der Waals surface area contributed by atoms with Gasteiger partial charge in [-0.25, -0.2) is 0 Å². The first kappa shape index (κ1) is 9.24. The second-order valence-corrected chi connectivity index (χ2v) is 6.09. The second-order valence-electron chi connectivity index (χ2n) is 6.09. The first-order valence-corrected chi connectivity index (χ1v) is 6.93. The van der Waals surface area contributed by atoms with Crippen molar-refractivity contribution in [2.45, 2.75) is 64.2 Å². The van der Waals surface area contributed by atoms with Gasteiger partial charge in [0.1, 0.15) is 0 Å². The van der Waals surface area contributed by atoms with Crippen LogP contribution in [0.4, 0.5) is 0 Å². The van der Waals surface area contributed by atoms with Crippen LogP contribution in [-0.4, -0.2) is 0 Å². The number of rotatable bonds is 0. The van der Waals surface area contributed by atoms with Crippen LogP contribution >= 0.6 is 0 Å². The second kappa shape index (κ2) is 3.87. The summed E-state index contributed by atoms with van der Waals surface area (Å²) in [7, 11) is 0. The van der Waals surface area contributed by atoms with Gasteiger partial charge in [0.15, 0.2) is 0 Å². The molecule has 0 nitrogen and oxygen atoms in total. The van der Waals surface area contributed by atoms with Gasteiger partial charge in [0.2, 0.25) is 0 Å². The van der Waals surface area contributed by atoms with Crippen molar-refractivity contribution in [2.75, 3.05) is 0 Å². The zero-order valence-electron chi connectivity index (χ0n) is 9.38. The summed E-state index contributed by atoms with van der Waals surface area (Å²) >= 11 is 0. The van der Waals surface area contributed by atoms with Gasteiger partial charge < -0.3 is 0 Å². The third-order valence-corrected chi connectivity index (χ3v) is 5.28. The van der Waals surface area contributed by atoms with Crippen LogP contribution in [0.2, 0.25) is 0 Å².